The van der Waals surface area contributed by atoms with Gasteiger partial charge in [0.25, 0.3) is 0 Å². The van der Waals surface area contributed by atoms with Crippen LogP contribution in [0.4, 0.5) is 17.1 Å². The summed E-state index contributed by atoms with van der Waals surface area (Å²) in [4.78, 5) is 2.48. The molecule has 0 saturated carbocycles. The molecule has 1 nitrogen and oxygen atoms in total. The zero-order chi connectivity index (χ0) is 39.1. The lowest BCUT2D eigenvalue weighted by Crippen LogP contribution is -2.17. The molecule has 0 spiro atoms. The third kappa shape index (κ3) is 6.13. The van der Waals surface area contributed by atoms with E-state index in [2.05, 4.69) is 243 Å². The Kier molecular flexibility index (Phi) is 8.92. The highest BCUT2D eigenvalue weighted by molar-refractivity contribution is 6.01. The van der Waals surface area contributed by atoms with Crippen molar-refractivity contribution < 1.29 is 0 Å². The molecule has 0 bridgehead atoms. The van der Waals surface area contributed by atoms with Gasteiger partial charge < -0.3 is 4.90 Å². The van der Waals surface area contributed by atoms with Crippen LogP contribution in [0, 0.1) is 0 Å². The van der Waals surface area contributed by atoms with Gasteiger partial charge in [0, 0.05) is 22.4 Å². The fourth-order valence-corrected chi connectivity index (χ4v) is 9.09. The smallest absolute Gasteiger partial charge is 0.0546 e. The molecule has 0 fully saturated rings. The highest BCUT2D eigenvalue weighted by Crippen LogP contribution is 2.53. The summed E-state index contributed by atoms with van der Waals surface area (Å²) in [6.07, 6.45) is 0. The molecule has 0 aromatic heterocycles. The maximum atomic E-state index is 2.48. The van der Waals surface area contributed by atoms with Crippen molar-refractivity contribution in [2.24, 2.45) is 0 Å². The largest absolute Gasteiger partial charge is 0.310 e. The molecule has 10 rings (SSSR count). The number of rotatable bonds is 8. The predicted octanol–water partition coefficient (Wildman–Crippen LogP) is 15.8. The summed E-state index contributed by atoms with van der Waals surface area (Å²) in [6, 6.07) is 81.9. The van der Waals surface area contributed by atoms with E-state index < -0.39 is 0 Å². The zero-order valence-corrected chi connectivity index (χ0v) is 32.8. The molecule has 9 aromatic carbocycles. The lowest BCUT2D eigenvalue weighted by molar-refractivity contribution is 0.660. The molecule has 0 unspecified atom stereocenters. The van der Waals surface area contributed by atoms with Crippen LogP contribution in [0.3, 0.4) is 0 Å². The summed E-state index contributed by atoms with van der Waals surface area (Å²) in [5.74, 6) is 0. The van der Waals surface area contributed by atoms with E-state index in [4.69, 9.17) is 0 Å². The second-order valence-electron chi connectivity index (χ2n) is 15.7. The van der Waals surface area contributed by atoms with Gasteiger partial charge >= 0.3 is 0 Å². The molecule has 58 heavy (non-hydrogen) atoms. The number of fused-ring (bicyclic) bond motifs is 3. The van der Waals surface area contributed by atoms with Gasteiger partial charge in [-0.1, -0.05) is 208 Å². The molecule has 276 valence electrons. The van der Waals surface area contributed by atoms with Crippen LogP contribution in [0.25, 0.3) is 66.8 Å². The first-order valence-electron chi connectivity index (χ1n) is 20.2. The quantitative estimate of drug-likeness (QED) is 0.150. The Morgan fingerprint density at radius 3 is 1.29 bits per heavy atom. The summed E-state index contributed by atoms with van der Waals surface area (Å²) in [6.45, 7) is 4.73. The summed E-state index contributed by atoms with van der Waals surface area (Å²) < 4.78 is 0. The van der Waals surface area contributed by atoms with E-state index in [1.807, 2.05) is 0 Å². The van der Waals surface area contributed by atoms with Crippen LogP contribution >= 0.6 is 0 Å². The fourth-order valence-electron chi connectivity index (χ4n) is 9.09. The maximum Gasteiger partial charge on any atom is 0.0546 e. The van der Waals surface area contributed by atoms with Crippen molar-refractivity contribution in [1.82, 2.24) is 0 Å². The number of benzene rings is 9. The molecule has 0 amide bonds. The lowest BCUT2D eigenvalue weighted by atomic mass is 9.82. The third-order valence-corrected chi connectivity index (χ3v) is 11.9. The van der Waals surface area contributed by atoms with Crippen molar-refractivity contribution in [2.75, 3.05) is 4.90 Å². The summed E-state index contributed by atoms with van der Waals surface area (Å²) in [5, 5.41) is 0. The van der Waals surface area contributed by atoms with E-state index in [1.165, 1.54) is 77.9 Å². The first-order chi connectivity index (χ1) is 28.6. The fraction of sp³-hybridized carbons (Fsp3) is 0.0526. The average molecular weight is 742 g/mol. The first kappa shape index (κ1) is 35.2. The molecule has 9 aromatic rings. The van der Waals surface area contributed by atoms with Crippen LogP contribution in [-0.4, -0.2) is 0 Å². The number of hydrogen-bond donors (Lipinski definition) is 0. The number of anilines is 3. The Morgan fingerprint density at radius 1 is 0.293 bits per heavy atom. The number of hydrogen-bond acceptors (Lipinski definition) is 1. The van der Waals surface area contributed by atoms with Crippen molar-refractivity contribution in [2.45, 2.75) is 19.3 Å². The normalized spacial score (nSPS) is 12.4. The van der Waals surface area contributed by atoms with Gasteiger partial charge in [0.1, 0.15) is 0 Å². The Balaban J connectivity index is 1.22. The van der Waals surface area contributed by atoms with E-state index in [9.17, 15) is 0 Å². The van der Waals surface area contributed by atoms with Crippen molar-refractivity contribution >= 4 is 17.1 Å². The maximum absolute atomic E-state index is 2.48. The number of nitrogens with zero attached hydrogens (tertiary/aromatic N) is 1. The highest BCUT2D eigenvalue weighted by atomic mass is 15.1. The second kappa shape index (κ2) is 14.7. The molecule has 0 saturated heterocycles. The SMILES string of the molecule is CC1(C)c2ccccc2-c2ccc(N(c3ccc(-c4ccccc4-c4ccccc4)cc3)c3cccc(-c4ccccc4)c3-c3ccccc3-c3ccccc3)cc21. The van der Waals surface area contributed by atoms with Gasteiger partial charge in [-0.05, 0) is 103 Å². The summed E-state index contributed by atoms with van der Waals surface area (Å²) in [7, 11) is 0. The molecule has 0 heterocycles. The van der Waals surface area contributed by atoms with Crippen LogP contribution < -0.4 is 4.90 Å². The van der Waals surface area contributed by atoms with E-state index >= 15 is 0 Å². The first-order valence-corrected chi connectivity index (χ1v) is 20.2. The van der Waals surface area contributed by atoms with Gasteiger partial charge in [0.15, 0.2) is 0 Å². The second-order valence-corrected chi connectivity index (χ2v) is 15.7. The summed E-state index contributed by atoms with van der Waals surface area (Å²) >= 11 is 0. The minimum absolute atomic E-state index is 0.146. The Hall–Kier alpha value is -7.22. The lowest BCUT2D eigenvalue weighted by Gasteiger charge is -2.31. The zero-order valence-electron chi connectivity index (χ0n) is 32.8. The van der Waals surface area contributed by atoms with Gasteiger partial charge in [-0.25, -0.2) is 0 Å². The Morgan fingerprint density at radius 2 is 0.707 bits per heavy atom. The Labute approximate surface area is 342 Å². The van der Waals surface area contributed by atoms with Crippen molar-refractivity contribution in [3.63, 3.8) is 0 Å². The van der Waals surface area contributed by atoms with Crippen LogP contribution in [0.1, 0.15) is 25.0 Å². The minimum atomic E-state index is -0.146. The monoisotopic (exact) mass is 741 g/mol. The van der Waals surface area contributed by atoms with Crippen LogP contribution in [0.2, 0.25) is 0 Å². The molecule has 1 aliphatic carbocycles. The molecular formula is C57H43N. The van der Waals surface area contributed by atoms with E-state index in [1.54, 1.807) is 0 Å². The van der Waals surface area contributed by atoms with E-state index in [-0.39, 0.29) is 5.41 Å². The molecule has 0 aliphatic heterocycles. The van der Waals surface area contributed by atoms with Gasteiger partial charge in [-0.2, -0.15) is 0 Å². The van der Waals surface area contributed by atoms with Crippen LogP contribution in [0.5, 0.6) is 0 Å². The van der Waals surface area contributed by atoms with Crippen molar-refractivity contribution in [1.29, 1.82) is 0 Å². The average Bonchev–Trinajstić information content (AvgIpc) is 3.52. The Bertz CT molecular complexity index is 2890. The molecule has 0 N–H and O–H groups in total. The highest BCUT2D eigenvalue weighted by Gasteiger charge is 2.36. The van der Waals surface area contributed by atoms with Crippen molar-refractivity contribution in [3.8, 4) is 66.8 Å². The molecule has 1 heteroatoms. The van der Waals surface area contributed by atoms with Gasteiger partial charge in [0.05, 0.1) is 5.69 Å². The van der Waals surface area contributed by atoms with Crippen molar-refractivity contribution in [3.05, 3.63) is 236 Å². The van der Waals surface area contributed by atoms with Gasteiger partial charge in [-0.3, -0.25) is 0 Å². The predicted molar refractivity (Wildman–Crippen MR) is 246 cm³/mol. The molecular weight excluding hydrogens is 699 g/mol. The minimum Gasteiger partial charge on any atom is -0.310 e. The van der Waals surface area contributed by atoms with E-state index in [0.29, 0.717) is 0 Å². The van der Waals surface area contributed by atoms with Crippen LogP contribution in [-0.2, 0) is 5.41 Å². The molecule has 0 radical (unpaired) electrons. The summed E-state index contributed by atoms with van der Waals surface area (Å²) in [5.41, 5.74) is 20.5. The standard InChI is InChI=1S/C57H43N/c1-57(2)53-31-17-16-28-50(53)51-38-37-45(39-54(51)57)58(44-35-33-43(34-36-44)47-26-13-12-25-46(47)40-19-6-3-7-20-40)55-32-18-30-49(42-23-10-5-11-24-42)56(55)52-29-15-14-27-48(52)41-21-8-4-9-22-41/h3-39H,1-2H3. The van der Waals surface area contributed by atoms with E-state index in [0.717, 1.165) is 17.1 Å². The van der Waals surface area contributed by atoms with Crippen LogP contribution in [0.15, 0.2) is 224 Å². The van der Waals surface area contributed by atoms with Gasteiger partial charge in [0.2, 0.25) is 0 Å². The molecule has 0 atom stereocenters. The topological polar surface area (TPSA) is 3.24 Å². The molecule has 1 aliphatic rings. The third-order valence-electron chi connectivity index (χ3n) is 11.9. The van der Waals surface area contributed by atoms with Gasteiger partial charge in [-0.15, -0.1) is 0 Å².